The number of hydrogen-bond acceptors (Lipinski definition) is 6. The molecule has 0 atom stereocenters. The predicted molar refractivity (Wildman–Crippen MR) is 116 cm³/mol. The van der Waals surface area contributed by atoms with Crippen LogP contribution in [0.1, 0.15) is 9.67 Å². The van der Waals surface area contributed by atoms with Crippen molar-refractivity contribution in [2.45, 2.75) is 0 Å². The summed E-state index contributed by atoms with van der Waals surface area (Å²) in [6.45, 7) is 0. The number of phenols is 1. The maximum atomic E-state index is 12.5. The number of rotatable bonds is 4. The molecule has 5 rings (SSSR count). The van der Waals surface area contributed by atoms with Crippen molar-refractivity contribution in [3.8, 4) is 28.0 Å². The van der Waals surface area contributed by atoms with E-state index in [-0.39, 0.29) is 11.7 Å². The van der Waals surface area contributed by atoms with E-state index in [1.165, 1.54) is 23.5 Å². The quantitative estimate of drug-likeness (QED) is 0.424. The van der Waals surface area contributed by atoms with Crippen molar-refractivity contribution in [1.29, 1.82) is 0 Å². The molecule has 0 unspecified atom stereocenters. The summed E-state index contributed by atoms with van der Waals surface area (Å²) in [6, 6.07) is 12.0. The zero-order valence-corrected chi connectivity index (χ0v) is 16.4. The van der Waals surface area contributed by atoms with E-state index in [1.54, 1.807) is 41.4 Å². The number of phenolic OH excluding ortho intramolecular Hbond substituents is 1. The van der Waals surface area contributed by atoms with Gasteiger partial charge in [0.15, 0.2) is 5.65 Å². The van der Waals surface area contributed by atoms with Gasteiger partial charge in [-0.25, -0.2) is 9.50 Å². The number of hydrogen-bond donors (Lipinski definition) is 2. The Morgan fingerprint density at radius 3 is 2.70 bits per heavy atom. The Morgan fingerprint density at radius 1 is 1.03 bits per heavy atom. The first kappa shape index (κ1) is 18.0. The molecule has 5 aromatic rings. The fraction of sp³-hybridized carbons (Fsp3) is 0. The van der Waals surface area contributed by atoms with Crippen LogP contribution in [0.3, 0.4) is 0 Å². The van der Waals surface area contributed by atoms with Crippen molar-refractivity contribution in [3.63, 3.8) is 0 Å². The SMILES string of the molecule is O=C(Nc1ccc(O)cc1)c1cc(-c2cnn3cc(-c4cccnc4)cnc23)cs1. The molecule has 1 aromatic carbocycles. The third kappa shape index (κ3) is 3.40. The average Bonchev–Trinajstić information content (AvgIpc) is 3.42. The molecule has 1 amide bonds. The normalized spacial score (nSPS) is 10.9. The fourth-order valence-corrected chi connectivity index (χ4v) is 3.90. The highest BCUT2D eigenvalue weighted by atomic mass is 32.1. The van der Waals surface area contributed by atoms with Gasteiger partial charge in [0.2, 0.25) is 0 Å². The average molecular weight is 413 g/mol. The number of carbonyl (C=O) groups excluding carboxylic acids is 1. The van der Waals surface area contributed by atoms with Gasteiger partial charge in [0.25, 0.3) is 5.91 Å². The van der Waals surface area contributed by atoms with Gasteiger partial charge in [-0.3, -0.25) is 9.78 Å². The second-order valence-corrected chi connectivity index (χ2v) is 7.52. The van der Waals surface area contributed by atoms with Crippen LogP contribution in [-0.2, 0) is 0 Å². The van der Waals surface area contributed by atoms with Gasteiger partial charge in [-0.1, -0.05) is 6.07 Å². The Hall–Kier alpha value is -4.04. The van der Waals surface area contributed by atoms with Crippen molar-refractivity contribution in [2.24, 2.45) is 0 Å². The topological polar surface area (TPSA) is 92.4 Å². The zero-order chi connectivity index (χ0) is 20.5. The Morgan fingerprint density at radius 2 is 1.90 bits per heavy atom. The fourth-order valence-electron chi connectivity index (χ4n) is 3.09. The van der Waals surface area contributed by atoms with Crippen LogP contribution in [0, 0.1) is 0 Å². The van der Waals surface area contributed by atoms with Gasteiger partial charge in [-0.15, -0.1) is 11.3 Å². The number of benzene rings is 1. The van der Waals surface area contributed by atoms with E-state index in [9.17, 15) is 9.90 Å². The minimum Gasteiger partial charge on any atom is -0.508 e. The summed E-state index contributed by atoms with van der Waals surface area (Å²) >= 11 is 1.35. The van der Waals surface area contributed by atoms with Crippen LogP contribution in [0.25, 0.3) is 27.9 Å². The van der Waals surface area contributed by atoms with E-state index in [1.807, 2.05) is 29.8 Å². The number of nitrogens with one attached hydrogen (secondary N) is 1. The molecule has 0 fully saturated rings. The molecule has 0 spiro atoms. The summed E-state index contributed by atoms with van der Waals surface area (Å²) in [5, 5.41) is 18.5. The number of anilines is 1. The van der Waals surface area contributed by atoms with Gasteiger partial charge in [0.1, 0.15) is 5.75 Å². The lowest BCUT2D eigenvalue weighted by atomic mass is 10.1. The molecule has 0 bridgehead atoms. The third-order valence-electron chi connectivity index (χ3n) is 4.61. The molecule has 8 heteroatoms. The van der Waals surface area contributed by atoms with E-state index >= 15 is 0 Å². The minimum absolute atomic E-state index is 0.152. The number of fused-ring (bicyclic) bond motifs is 1. The molecule has 0 aliphatic carbocycles. The van der Waals surface area contributed by atoms with E-state index in [0.29, 0.717) is 16.2 Å². The van der Waals surface area contributed by atoms with Crippen LogP contribution < -0.4 is 5.32 Å². The summed E-state index contributed by atoms with van der Waals surface area (Å²) in [5.41, 5.74) is 4.96. The number of carbonyl (C=O) groups is 1. The highest BCUT2D eigenvalue weighted by molar-refractivity contribution is 7.12. The highest BCUT2D eigenvalue weighted by Gasteiger charge is 2.15. The van der Waals surface area contributed by atoms with Crippen LogP contribution in [0.4, 0.5) is 5.69 Å². The molecule has 0 saturated heterocycles. The van der Waals surface area contributed by atoms with Gasteiger partial charge in [-0.2, -0.15) is 5.10 Å². The molecule has 2 N–H and O–H groups in total. The standard InChI is InChI=1S/C22H15N5O2S/c28-18-5-3-17(4-6-18)26-22(29)20-8-15(13-30-20)19-11-25-27-12-16(10-24-21(19)27)14-2-1-7-23-9-14/h1-13,28H,(H,26,29). The lowest BCUT2D eigenvalue weighted by molar-refractivity contribution is 0.103. The van der Waals surface area contributed by atoms with E-state index in [0.717, 1.165) is 22.3 Å². The number of aromatic nitrogens is 4. The molecule has 0 radical (unpaired) electrons. The smallest absolute Gasteiger partial charge is 0.265 e. The Labute approximate surface area is 175 Å². The molecule has 0 aliphatic heterocycles. The Balaban J connectivity index is 1.41. The monoisotopic (exact) mass is 413 g/mol. The van der Waals surface area contributed by atoms with Gasteiger partial charge < -0.3 is 10.4 Å². The molecule has 146 valence electrons. The first-order valence-corrected chi connectivity index (χ1v) is 9.98. The van der Waals surface area contributed by atoms with Crippen LogP contribution in [-0.4, -0.2) is 30.6 Å². The third-order valence-corrected chi connectivity index (χ3v) is 5.54. The van der Waals surface area contributed by atoms with Crippen molar-refractivity contribution in [2.75, 3.05) is 5.32 Å². The number of pyridine rings is 1. The second-order valence-electron chi connectivity index (χ2n) is 6.61. The van der Waals surface area contributed by atoms with Gasteiger partial charge >= 0.3 is 0 Å². The molecule has 4 heterocycles. The van der Waals surface area contributed by atoms with Crippen LogP contribution in [0.2, 0.25) is 0 Å². The summed E-state index contributed by atoms with van der Waals surface area (Å²) in [4.78, 5) is 21.8. The molecule has 7 nitrogen and oxygen atoms in total. The van der Waals surface area contributed by atoms with Crippen molar-refractivity contribution >= 4 is 28.6 Å². The van der Waals surface area contributed by atoms with Gasteiger partial charge in [-0.05, 0) is 47.3 Å². The Bertz CT molecular complexity index is 1340. The molecular weight excluding hydrogens is 398 g/mol. The van der Waals surface area contributed by atoms with Crippen LogP contribution in [0.5, 0.6) is 5.75 Å². The number of amides is 1. The predicted octanol–water partition coefficient (Wildman–Crippen LogP) is 4.48. The molecular formula is C22H15N5O2S. The molecule has 30 heavy (non-hydrogen) atoms. The maximum Gasteiger partial charge on any atom is 0.265 e. The van der Waals surface area contributed by atoms with E-state index < -0.39 is 0 Å². The number of nitrogens with zero attached hydrogens (tertiary/aromatic N) is 4. The van der Waals surface area contributed by atoms with Crippen LogP contribution >= 0.6 is 11.3 Å². The lowest BCUT2D eigenvalue weighted by Crippen LogP contribution is -2.09. The highest BCUT2D eigenvalue weighted by Crippen LogP contribution is 2.30. The molecule has 0 aliphatic rings. The van der Waals surface area contributed by atoms with Gasteiger partial charge in [0.05, 0.1) is 11.1 Å². The van der Waals surface area contributed by atoms with E-state index in [4.69, 9.17) is 0 Å². The van der Waals surface area contributed by atoms with E-state index in [2.05, 4.69) is 20.4 Å². The maximum absolute atomic E-state index is 12.5. The first-order chi connectivity index (χ1) is 14.7. The number of thiophene rings is 1. The summed E-state index contributed by atoms with van der Waals surface area (Å²) < 4.78 is 1.73. The zero-order valence-electron chi connectivity index (χ0n) is 15.6. The lowest BCUT2D eigenvalue weighted by Gasteiger charge is -2.03. The molecule has 4 aromatic heterocycles. The van der Waals surface area contributed by atoms with Gasteiger partial charge in [0, 0.05) is 47.2 Å². The van der Waals surface area contributed by atoms with Crippen molar-refractivity contribution < 1.29 is 9.90 Å². The Kier molecular flexibility index (Phi) is 4.45. The molecule has 0 saturated carbocycles. The van der Waals surface area contributed by atoms with Crippen molar-refractivity contribution in [1.82, 2.24) is 19.6 Å². The summed E-state index contributed by atoms with van der Waals surface area (Å²) in [6.07, 6.45) is 8.97. The van der Waals surface area contributed by atoms with Crippen LogP contribution in [0.15, 0.2) is 78.8 Å². The number of aromatic hydroxyl groups is 1. The minimum atomic E-state index is -0.208. The summed E-state index contributed by atoms with van der Waals surface area (Å²) in [7, 11) is 0. The van der Waals surface area contributed by atoms with Crippen molar-refractivity contribution in [3.05, 3.63) is 83.7 Å². The first-order valence-electron chi connectivity index (χ1n) is 9.10. The largest absolute Gasteiger partial charge is 0.508 e. The summed E-state index contributed by atoms with van der Waals surface area (Å²) in [5.74, 6) is -0.0566. The second kappa shape index (κ2) is 7.41.